The van der Waals surface area contributed by atoms with Crippen LogP contribution < -0.4 is 11.1 Å². The molecule has 1 aliphatic rings. The predicted octanol–water partition coefficient (Wildman–Crippen LogP) is 3.34. The summed E-state index contributed by atoms with van der Waals surface area (Å²) in [5, 5.41) is 12.2. The Morgan fingerprint density at radius 1 is 1.18 bits per heavy atom. The van der Waals surface area contributed by atoms with Crippen LogP contribution >= 0.6 is 11.6 Å². The summed E-state index contributed by atoms with van der Waals surface area (Å²) < 4.78 is 3.90. The third kappa shape index (κ3) is 3.66. The molecule has 0 saturated carbocycles. The highest BCUT2D eigenvalue weighted by Gasteiger charge is 2.28. The average Bonchev–Trinajstić information content (AvgIpc) is 3.33. The number of amides is 2. The molecule has 2 amide bonds. The molecule has 0 spiro atoms. The monoisotopic (exact) mass is 462 g/mol. The highest BCUT2D eigenvalue weighted by atomic mass is 35.5. The number of nitrogens with one attached hydrogen (secondary N) is 1. The zero-order valence-corrected chi connectivity index (χ0v) is 19.1. The first kappa shape index (κ1) is 21.2. The lowest BCUT2D eigenvalue weighted by atomic mass is 10.0. The van der Waals surface area contributed by atoms with Gasteiger partial charge in [-0.05, 0) is 57.0 Å². The Labute approximate surface area is 195 Å². The van der Waals surface area contributed by atoms with Gasteiger partial charge < -0.3 is 15.6 Å². The van der Waals surface area contributed by atoms with Crippen molar-refractivity contribution in [2.24, 2.45) is 5.73 Å². The summed E-state index contributed by atoms with van der Waals surface area (Å²) in [5.74, 6) is 0.0747. The number of nitrogens with zero attached hydrogens (tertiary/aromatic N) is 4. The Morgan fingerprint density at radius 2 is 2.00 bits per heavy atom. The van der Waals surface area contributed by atoms with Gasteiger partial charge in [-0.1, -0.05) is 23.2 Å². The van der Waals surface area contributed by atoms with Crippen LogP contribution in [-0.2, 0) is 13.0 Å². The van der Waals surface area contributed by atoms with E-state index >= 15 is 0 Å². The number of primary amides is 1. The van der Waals surface area contributed by atoms with Crippen LogP contribution in [0.4, 0.5) is 0 Å². The van der Waals surface area contributed by atoms with Gasteiger partial charge in [0.25, 0.3) is 11.8 Å². The molecule has 1 aliphatic heterocycles. The van der Waals surface area contributed by atoms with E-state index in [0.29, 0.717) is 35.5 Å². The molecular formula is C24H23ClN6O2. The number of aryl methyl sites for hydroxylation is 2. The molecule has 0 saturated heterocycles. The molecule has 2 aromatic heterocycles. The summed E-state index contributed by atoms with van der Waals surface area (Å²) in [4.78, 5) is 25.2. The van der Waals surface area contributed by atoms with E-state index in [1.165, 1.54) is 0 Å². The molecule has 3 heterocycles. The quantitative estimate of drug-likeness (QED) is 0.485. The molecule has 0 fully saturated rings. The van der Waals surface area contributed by atoms with E-state index in [2.05, 4.69) is 20.1 Å². The van der Waals surface area contributed by atoms with E-state index < -0.39 is 5.91 Å². The maximum absolute atomic E-state index is 13.0. The Morgan fingerprint density at radius 3 is 2.70 bits per heavy atom. The van der Waals surface area contributed by atoms with Gasteiger partial charge in [-0.3, -0.25) is 14.2 Å². The number of fused-ring (bicyclic) bond motifs is 3. The van der Waals surface area contributed by atoms with Gasteiger partial charge >= 0.3 is 0 Å². The number of hydrogen-bond acceptors (Lipinski definition) is 4. The van der Waals surface area contributed by atoms with E-state index in [1.54, 1.807) is 23.0 Å². The predicted molar refractivity (Wildman–Crippen MR) is 126 cm³/mol. The van der Waals surface area contributed by atoms with Crippen molar-refractivity contribution in [3.63, 3.8) is 0 Å². The van der Waals surface area contributed by atoms with E-state index in [0.717, 1.165) is 33.7 Å². The first-order valence-electron chi connectivity index (χ1n) is 10.7. The number of hydrogen-bond donors (Lipinski definition) is 2. The molecular weight excluding hydrogens is 440 g/mol. The molecule has 0 radical (unpaired) electrons. The summed E-state index contributed by atoms with van der Waals surface area (Å²) in [6, 6.07) is 11.2. The molecule has 1 unspecified atom stereocenters. The Hall–Kier alpha value is -3.65. The largest absolute Gasteiger partial charge is 0.366 e. The molecule has 33 heavy (non-hydrogen) atoms. The summed E-state index contributed by atoms with van der Waals surface area (Å²) in [6.45, 7) is 4.39. The second-order valence-corrected chi connectivity index (χ2v) is 8.85. The SMILES string of the molecule is Cc1ccc2c(c1)c(C(N)=O)c1n2CC(NC(=O)c2ccc(-n3cnnc3C)cc2Cl)CC1. The highest BCUT2D eigenvalue weighted by molar-refractivity contribution is 6.34. The number of carbonyl (C=O) groups is 2. The first-order chi connectivity index (χ1) is 15.8. The van der Waals surface area contributed by atoms with Crippen LogP contribution in [-0.4, -0.2) is 37.2 Å². The molecule has 168 valence electrons. The van der Waals surface area contributed by atoms with Crippen LogP contribution in [0.1, 0.15) is 44.2 Å². The first-order valence-corrected chi connectivity index (χ1v) is 11.1. The molecule has 0 aliphatic carbocycles. The smallest absolute Gasteiger partial charge is 0.253 e. The van der Waals surface area contributed by atoms with Crippen LogP contribution in [0.2, 0.25) is 5.02 Å². The number of halogens is 1. The summed E-state index contributed by atoms with van der Waals surface area (Å²) >= 11 is 6.45. The molecule has 0 bridgehead atoms. The Balaban J connectivity index is 1.40. The zero-order valence-electron chi connectivity index (χ0n) is 18.3. The van der Waals surface area contributed by atoms with Crippen LogP contribution in [0.25, 0.3) is 16.6 Å². The second-order valence-electron chi connectivity index (χ2n) is 8.44. The van der Waals surface area contributed by atoms with Gasteiger partial charge in [0.2, 0.25) is 0 Å². The van der Waals surface area contributed by atoms with Crippen molar-refractivity contribution in [3.8, 4) is 5.69 Å². The zero-order chi connectivity index (χ0) is 23.3. The van der Waals surface area contributed by atoms with Crippen molar-refractivity contribution in [1.82, 2.24) is 24.6 Å². The fraction of sp³-hybridized carbons (Fsp3) is 0.250. The minimum atomic E-state index is -0.419. The maximum Gasteiger partial charge on any atom is 0.253 e. The summed E-state index contributed by atoms with van der Waals surface area (Å²) in [7, 11) is 0. The number of aromatic nitrogens is 4. The number of carbonyl (C=O) groups excluding carboxylic acids is 2. The molecule has 8 nitrogen and oxygen atoms in total. The third-order valence-corrected chi connectivity index (χ3v) is 6.55. The minimum absolute atomic E-state index is 0.0986. The number of benzene rings is 2. The Kier molecular flexibility index (Phi) is 5.17. The van der Waals surface area contributed by atoms with Gasteiger partial charge in [-0.2, -0.15) is 0 Å². The molecule has 1 atom stereocenters. The van der Waals surface area contributed by atoms with Gasteiger partial charge in [0.15, 0.2) is 0 Å². The van der Waals surface area contributed by atoms with Crippen molar-refractivity contribution in [1.29, 1.82) is 0 Å². The van der Waals surface area contributed by atoms with Crippen molar-refractivity contribution < 1.29 is 9.59 Å². The molecule has 9 heteroatoms. The molecule has 4 aromatic rings. The average molecular weight is 463 g/mol. The van der Waals surface area contributed by atoms with Crippen LogP contribution in [0.3, 0.4) is 0 Å². The van der Waals surface area contributed by atoms with E-state index in [9.17, 15) is 9.59 Å². The standard InChI is InChI=1S/C24H23ClN6O2/c1-13-3-7-20-18(9-13)22(23(26)32)21-8-4-15(11-30(20)21)28-24(33)17-6-5-16(10-19(17)25)31-12-27-29-14(31)2/h3,5-7,9-10,12,15H,4,8,11H2,1-2H3,(H2,26,32)(H,28,33). The number of nitrogens with two attached hydrogens (primary N) is 1. The van der Waals surface area contributed by atoms with Crippen molar-refractivity contribution in [2.75, 3.05) is 0 Å². The topological polar surface area (TPSA) is 108 Å². The van der Waals surface area contributed by atoms with E-state index in [4.69, 9.17) is 17.3 Å². The second kappa shape index (κ2) is 8.04. The fourth-order valence-electron chi connectivity index (χ4n) is 4.65. The lowest BCUT2D eigenvalue weighted by Crippen LogP contribution is -2.41. The van der Waals surface area contributed by atoms with Gasteiger partial charge in [-0.15, -0.1) is 10.2 Å². The lowest BCUT2D eigenvalue weighted by molar-refractivity contribution is 0.0925. The van der Waals surface area contributed by atoms with Crippen molar-refractivity contribution >= 4 is 34.3 Å². The van der Waals surface area contributed by atoms with E-state index in [-0.39, 0.29) is 11.9 Å². The van der Waals surface area contributed by atoms with E-state index in [1.807, 2.05) is 38.1 Å². The normalized spacial score (nSPS) is 15.4. The number of rotatable bonds is 4. The van der Waals surface area contributed by atoms with Gasteiger partial charge in [0.1, 0.15) is 12.2 Å². The third-order valence-electron chi connectivity index (χ3n) is 6.23. The summed E-state index contributed by atoms with van der Waals surface area (Å²) in [5.41, 5.74) is 10.4. The minimum Gasteiger partial charge on any atom is -0.366 e. The van der Waals surface area contributed by atoms with Crippen LogP contribution in [0.15, 0.2) is 42.7 Å². The van der Waals surface area contributed by atoms with Gasteiger partial charge in [0.05, 0.1) is 16.1 Å². The van der Waals surface area contributed by atoms with Gasteiger partial charge in [0, 0.05) is 34.9 Å². The van der Waals surface area contributed by atoms with Crippen molar-refractivity contribution in [2.45, 2.75) is 39.3 Å². The fourth-order valence-corrected chi connectivity index (χ4v) is 4.91. The summed E-state index contributed by atoms with van der Waals surface area (Å²) in [6.07, 6.45) is 2.96. The molecule has 5 rings (SSSR count). The molecule has 2 aromatic carbocycles. The maximum atomic E-state index is 13.0. The van der Waals surface area contributed by atoms with Crippen molar-refractivity contribution in [3.05, 3.63) is 76.0 Å². The molecule has 3 N–H and O–H groups in total. The van der Waals surface area contributed by atoms with Gasteiger partial charge in [-0.25, -0.2) is 0 Å². The van der Waals surface area contributed by atoms with Crippen LogP contribution in [0.5, 0.6) is 0 Å². The lowest BCUT2D eigenvalue weighted by Gasteiger charge is -2.27. The Bertz CT molecular complexity index is 1420. The van der Waals surface area contributed by atoms with Crippen LogP contribution in [0, 0.1) is 13.8 Å². The highest BCUT2D eigenvalue weighted by Crippen LogP contribution is 2.31.